The molecule has 0 fully saturated rings. The predicted octanol–water partition coefficient (Wildman–Crippen LogP) is 2.09. The Morgan fingerprint density at radius 1 is 0.875 bits per heavy atom. The summed E-state index contributed by atoms with van der Waals surface area (Å²) in [5.41, 5.74) is 8.38. The van der Waals surface area contributed by atoms with Crippen molar-refractivity contribution in [3.05, 3.63) is 0 Å². The molecule has 146 valence electrons. The van der Waals surface area contributed by atoms with E-state index in [2.05, 4.69) is 12.4 Å². The van der Waals surface area contributed by atoms with Gasteiger partial charge in [0, 0.05) is 46.6 Å². The first-order valence-corrected chi connectivity index (χ1v) is 11.0. The van der Waals surface area contributed by atoms with Crippen molar-refractivity contribution < 1.29 is 22.9 Å². The zero-order valence-corrected chi connectivity index (χ0v) is 16.8. The van der Waals surface area contributed by atoms with Gasteiger partial charge >= 0.3 is 8.80 Å². The number of nitrogens with two attached hydrogens (primary N) is 1. The average molecular weight is 367 g/mol. The molecule has 0 atom stereocenters. The number of rotatable bonds is 19. The standard InChI is InChI=1S/C16H38N2O5Si/c1-4-5-15-23-24(19-2,20-3)16-9-11-18-22-14-7-6-12-21-13-8-10-17/h18H,4-17H2,1-3H3. The summed E-state index contributed by atoms with van der Waals surface area (Å²) >= 11 is 0. The van der Waals surface area contributed by atoms with Crippen LogP contribution in [-0.4, -0.2) is 62.5 Å². The van der Waals surface area contributed by atoms with Crippen LogP contribution in [0.5, 0.6) is 0 Å². The molecule has 0 spiro atoms. The van der Waals surface area contributed by atoms with Crippen molar-refractivity contribution in [2.45, 2.75) is 51.5 Å². The largest absolute Gasteiger partial charge is 0.500 e. The minimum atomic E-state index is -2.50. The van der Waals surface area contributed by atoms with E-state index >= 15 is 0 Å². The molecule has 0 aromatic rings. The topological polar surface area (TPSA) is 84.2 Å². The van der Waals surface area contributed by atoms with Crippen LogP contribution in [0.3, 0.4) is 0 Å². The molecule has 0 aromatic heterocycles. The van der Waals surface area contributed by atoms with E-state index in [1.807, 2.05) is 0 Å². The summed E-state index contributed by atoms with van der Waals surface area (Å²) in [5, 5.41) is 0. The summed E-state index contributed by atoms with van der Waals surface area (Å²) in [7, 11) is 0.837. The fraction of sp³-hybridized carbons (Fsp3) is 1.00. The number of hydroxylamine groups is 1. The Bertz CT molecular complexity index is 259. The van der Waals surface area contributed by atoms with E-state index in [9.17, 15) is 0 Å². The van der Waals surface area contributed by atoms with Crippen LogP contribution in [0, 0.1) is 0 Å². The summed E-state index contributed by atoms with van der Waals surface area (Å²) in [6, 6.07) is 0.787. The number of hydrogen-bond donors (Lipinski definition) is 2. The molecule has 0 aliphatic heterocycles. The summed E-state index contributed by atoms with van der Waals surface area (Å²) in [6.07, 6.45) is 5.92. The highest BCUT2D eigenvalue weighted by molar-refractivity contribution is 6.60. The fourth-order valence-corrected chi connectivity index (χ4v) is 4.06. The molecule has 0 saturated heterocycles. The molecule has 0 rings (SSSR count). The number of hydrogen-bond acceptors (Lipinski definition) is 7. The Kier molecular flexibility index (Phi) is 17.7. The first-order chi connectivity index (χ1) is 11.7. The van der Waals surface area contributed by atoms with Crippen molar-refractivity contribution in [2.24, 2.45) is 5.73 Å². The molecule has 24 heavy (non-hydrogen) atoms. The van der Waals surface area contributed by atoms with Crippen LogP contribution >= 0.6 is 0 Å². The highest BCUT2D eigenvalue weighted by atomic mass is 28.4. The van der Waals surface area contributed by atoms with Gasteiger partial charge in [-0.15, -0.1) is 0 Å². The Hall–Kier alpha value is -0.0631. The first-order valence-electron chi connectivity index (χ1n) is 9.11. The average Bonchev–Trinajstić information content (AvgIpc) is 2.61. The molecule has 0 amide bonds. The summed E-state index contributed by atoms with van der Waals surface area (Å²) < 4.78 is 22.4. The van der Waals surface area contributed by atoms with Crippen molar-refractivity contribution in [3.8, 4) is 0 Å². The lowest BCUT2D eigenvalue weighted by atomic mass is 10.3. The molecular weight excluding hydrogens is 328 g/mol. The molecule has 0 radical (unpaired) electrons. The minimum Gasteiger partial charge on any atom is -0.381 e. The molecular formula is C16H38N2O5Si. The second-order valence-corrected chi connectivity index (χ2v) is 8.57. The van der Waals surface area contributed by atoms with E-state index < -0.39 is 8.80 Å². The van der Waals surface area contributed by atoms with Crippen molar-refractivity contribution >= 4 is 8.80 Å². The second kappa shape index (κ2) is 17.8. The molecule has 0 bridgehead atoms. The molecule has 0 aliphatic rings. The smallest absolute Gasteiger partial charge is 0.381 e. The van der Waals surface area contributed by atoms with Gasteiger partial charge in [0.2, 0.25) is 0 Å². The Morgan fingerprint density at radius 3 is 2.25 bits per heavy atom. The van der Waals surface area contributed by atoms with Gasteiger partial charge in [-0.2, -0.15) is 0 Å². The second-order valence-electron chi connectivity index (χ2n) is 5.60. The fourth-order valence-electron chi connectivity index (χ4n) is 2.04. The van der Waals surface area contributed by atoms with E-state index in [0.29, 0.717) is 19.8 Å². The van der Waals surface area contributed by atoms with Crippen molar-refractivity contribution in [1.82, 2.24) is 5.48 Å². The van der Waals surface area contributed by atoms with Gasteiger partial charge in [0.1, 0.15) is 0 Å². The molecule has 0 aliphatic carbocycles. The van der Waals surface area contributed by atoms with Gasteiger partial charge < -0.3 is 28.6 Å². The van der Waals surface area contributed by atoms with E-state index in [1.165, 1.54) is 0 Å². The summed E-state index contributed by atoms with van der Waals surface area (Å²) in [4.78, 5) is 5.41. The molecule has 0 heterocycles. The predicted molar refractivity (Wildman–Crippen MR) is 97.7 cm³/mol. The molecule has 3 N–H and O–H groups in total. The van der Waals surface area contributed by atoms with Crippen LogP contribution < -0.4 is 11.2 Å². The lowest BCUT2D eigenvalue weighted by Crippen LogP contribution is -2.44. The maximum Gasteiger partial charge on any atom is 0.500 e. The van der Waals surface area contributed by atoms with Crippen LogP contribution in [-0.2, 0) is 22.9 Å². The van der Waals surface area contributed by atoms with Crippen LogP contribution in [0.15, 0.2) is 0 Å². The normalized spacial score (nSPS) is 12.0. The van der Waals surface area contributed by atoms with Crippen LogP contribution in [0.4, 0.5) is 0 Å². The quantitative estimate of drug-likeness (QED) is 0.206. The number of unbranched alkanes of at least 4 members (excludes halogenated alkanes) is 2. The third-order valence-corrected chi connectivity index (χ3v) is 6.44. The van der Waals surface area contributed by atoms with Gasteiger partial charge in [0.15, 0.2) is 0 Å². The van der Waals surface area contributed by atoms with E-state index in [4.69, 9.17) is 28.6 Å². The molecule has 0 unspecified atom stereocenters. The lowest BCUT2D eigenvalue weighted by molar-refractivity contribution is 0.0323. The van der Waals surface area contributed by atoms with Crippen LogP contribution in [0.1, 0.15) is 45.4 Å². The monoisotopic (exact) mass is 366 g/mol. The third kappa shape index (κ3) is 13.3. The van der Waals surface area contributed by atoms with Gasteiger partial charge in [-0.25, -0.2) is 5.48 Å². The van der Waals surface area contributed by atoms with Crippen LogP contribution in [0.25, 0.3) is 0 Å². The number of nitrogens with one attached hydrogen (secondary N) is 1. The maximum atomic E-state index is 5.87. The lowest BCUT2D eigenvalue weighted by Gasteiger charge is -2.26. The van der Waals surface area contributed by atoms with Crippen LogP contribution in [0.2, 0.25) is 6.04 Å². The third-order valence-electron chi connectivity index (χ3n) is 3.58. The van der Waals surface area contributed by atoms with E-state index in [-0.39, 0.29) is 0 Å². The molecule has 8 heteroatoms. The van der Waals surface area contributed by atoms with Gasteiger partial charge in [0.05, 0.1) is 6.61 Å². The molecule has 0 aromatic carbocycles. The molecule has 7 nitrogen and oxygen atoms in total. The molecule has 0 saturated carbocycles. The van der Waals surface area contributed by atoms with Crippen molar-refractivity contribution in [2.75, 3.05) is 53.7 Å². The van der Waals surface area contributed by atoms with Crippen molar-refractivity contribution in [1.29, 1.82) is 0 Å². The maximum absolute atomic E-state index is 5.87. The SMILES string of the molecule is CCCCO[Si](CCCNOCCCCOCCCN)(OC)OC. The highest BCUT2D eigenvalue weighted by Gasteiger charge is 2.38. The van der Waals surface area contributed by atoms with E-state index in [1.54, 1.807) is 14.2 Å². The Morgan fingerprint density at radius 2 is 1.58 bits per heavy atom. The minimum absolute atomic E-state index is 0.685. The number of ether oxygens (including phenoxy) is 1. The Balaban J connectivity index is 3.51. The highest BCUT2D eigenvalue weighted by Crippen LogP contribution is 2.16. The first kappa shape index (κ1) is 23.9. The Labute approximate surface area is 148 Å². The van der Waals surface area contributed by atoms with Crippen molar-refractivity contribution in [3.63, 3.8) is 0 Å². The van der Waals surface area contributed by atoms with Gasteiger partial charge in [-0.05, 0) is 38.6 Å². The van der Waals surface area contributed by atoms with Gasteiger partial charge in [-0.1, -0.05) is 13.3 Å². The summed E-state index contributed by atoms with van der Waals surface area (Å²) in [5.74, 6) is 0. The van der Waals surface area contributed by atoms with Gasteiger partial charge in [0.25, 0.3) is 0 Å². The van der Waals surface area contributed by atoms with Gasteiger partial charge in [-0.3, -0.25) is 0 Å². The van der Waals surface area contributed by atoms with E-state index in [0.717, 1.165) is 64.3 Å². The zero-order valence-electron chi connectivity index (χ0n) is 15.8. The summed E-state index contributed by atoms with van der Waals surface area (Å²) in [6.45, 7) is 6.49. The zero-order chi connectivity index (χ0) is 17.9.